The number of rotatable bonds is 3. The number of piperidine rings is 1. The molecule has 0 radical (unpaired) electrons. The molecule has 1 fully saturated rings. The molecule has 0 amide bonds. The zero-order valence-electron chi connectivity index (χ0n) is 15.2. The number of anilines is 1. The van der Waals surface area contributed by atoms with E-state index in [4.69, 9.17) is 4.74 Å². The molecule has 2 aromatic rings. The Morgan fingerprint density at radius 1 is 1.36 bits per heavy atom. The van der Waals surface area contributed by atoms with Gasteiger partial charge in [0.2, 0.25) is 5.95 Å². The Kier molecular flexibility index (Phi) is 4.53. The van der Waals surface area contributed by atoms with E-state index in [1.54, 1.807) is 10.9 Å². The lowest BCUT2D eigenvalue weighted by atomic mass is 9.97. The van der Waals surface area contributed by atoms with Crippen LogP contribution in [0.3, 0.4) is 0 Å². The number of ether oxygens (including phenoxy) is 1. The molecule has 0 saturated carbocycles. The van der Waals surface area contributed by atoms with Gasteiger partial charge < -0.3 is 9.64 Å². The highest BCUT2D eigenvalue weighted by Gasteiger charge is 2.28. The van der Waals surface area contributed by atoms with Crippen molar-refractivity contribution < 1.29 is 9.53 Å². The predicted molar refractivity (Wildman–Crippen MR) is 94.7 cm³/mol. The van der Waals surface area contributed by atoms with Crippen LogP contribution in [-0.4, -0.2) is 45.4 Å². The van der Waals surface area contributed by atoms with Gasteiger partial charge in [-0.05, 0) is 40.5 Å². The number of aromatic amines is 1. The van der Waals surface area contributed by atoms with Gasteiger partial charge in [0.25, 0.3) is 5.56 Å². The molecule has 0 spiro atoms. The third-order valence-electron chi connectivity index (χ3n) is 4.48. The van der Waals surface area contributed by atoms with Gasteiger partial charge >= 0.3 is 5.97 Å². The standard InChI is InChI=1S/C17H25N5O3/c1-5-25-15(24)11-6-8-21(9-7-11)16-19-13-12(14(23)20-16)10-18-22(13)17(2,3)4/h10-11H,5-9H2,1-4H3,(H,19,20,23). The maximum absolute atomic E-state index is 12.4. The Balaban J connectivity index is 1.85. The molecule has 25 heavy (non-hydrogen) atoms. The average Bonchev–Trinajstić information content (AvgIpc) is 3.00. The summed E-state index contributed by atoms with van der Waals surface area (Å²) in [6.07, 6.45) is 2.95. The van der Waals surface area contributed by atoms with Gasteiger partial charge in [-0.2, -0.15) is 10.1 Å². The van der Waals surface area contributed by atoms with E-state index in [1.165, 1.54) is 0 Å². The summed E-state index contributed by atoms with van der Waals surface area (Å²) < 4.78 is 6.87. The van der Waals surface area contributed by atoms with Gasteiger partial charge in [0.1, 0.15) is 5.39 Å². The molecule has 0 atom stereocenters. The first-order chi connectivity index (χ1) is 11.8. The van der Waals surface area contributed by atoms with Crippen LogP contribution in [0.1, 0.15) is 40.5 Å². The summed E-state index contributed by atoms with van der Waals surface area (Å²) in [6, 6.07) is 0. The number of nitrogens with zero attached hydrogens (tertiary/aromatic N) is 4. The van der Waals surface area contributed by atoms with Gasteiger partial charge in [0, 0.05) is 13.1 Å². The van der Waals surface area contributed by atoms with Crippen LogP contribution < -0.4 is 10.5 Å². The highest BCUT2D eigenvalue weighted by molar-refractivity contribution is 5.75. The van der Waals surface area contributed by atoms with Gasteiger partial charge in [-0.25, -0.2) is 4.68 Å². The topological polar surface area (TPSA) is 93.1 Å². The highest BCUT2D eigenvalue weighted by Crippen LogP contribution is 2.23. The maximum atomic E-state index is 12.4. The van der Waals surface area contributed by atoms with Crippen LogP contribution in [0, 0.1) is 5.92 Å². The lowest BCUT2D eigenvalue weighted by Crippen LogP contribution is -2.38. The molecule has 0 aromatic carbocycles. The molecular weight excluding hydrogens is 322 g/mol. The molecule has 136 valence electrons. The van der Waals surface area contributed by atoms with Crippen LogP contribution in [-0.2, 0) is 15.1 Å². The van der Waals surface area contributed by atoms with Gasteiger partial charge in [-0.15, -0.1) is 0 Å². The summed E-state index contributed by atoms with van der Waals surface area (Å²) in [5, 5.41) is 4.81. The number of aromatic nitrogens is 4. The molecule has 3 heterocycles. The van der Waals surface area contributed by atoms with Crippen LogP contribution >= 0.6 is 0 Å². The van der Waals surface area contributed by atoms with Crippen molar-refractivity contribution in [1.82, 2.24) is 19.7 Å². The van der Waals surface area contributed by atoms with E-state index in [2.05, 4.69) is 15.1 Å². The van der Waals surface area contributed by atoms with E-state index in [1.807, 2.05) is 32.6 Å². The Morgan fingerprint density at radius 2 is 2.04 bits per heavy atom. The fourth-order valence-corrected chi connectivity index (χ4v) is 3.13. The van der Waals surface area contributed by atoms with Crippen LogP contribution in [0.2, 0.25) is 0 Å². The zero-order valence-corrected chi connectivity index (χ0v) is 15.2. The first-order valence-corrected chi connectivity index (χ1v) is 8.71. The molecule has 3 rings (SSSR count). The Bertz CT molecular complexity index is 825. The second kappa shape index (κ2) is 6.50. The molecular formula is C17H25N5O3. The van der Waals surface area contributed by atoms with Crippen LogP contribution in [0.15, 0.2) is 11.0 Å². The Morgan fingerprint density at radius 3 is 2.64 bits per heavy atom. The largest absolute Gasteiger partial charge is 0.466 e. The summed E-state index contributed by atoms with van der Waals surface area (Å²) in [5.74, 6) is 0.322. The van der Waals surface area contributed by atoms with E-state index in [-0.39, 0.29) is 23.0 Å². The fraction of sp³-hybridized carbons (Fsp3) is 0.647. The smallest absolute Gasteiger partial charge is 0.309 e. The van der Waals surface area contributed by atoms with E-state index in [9.17, 15) is 9.59 Å². The van der Waals surface area contributed by atoms with Crippen LogP contribution in [0.25, 0.3) is 11.0 Å². The van der Waals surface area contributed by atoms with Crippen LogP contribution in [0.4, 0.5) is 5.95 Å². The summed E-state index contributed by atoms with van der Waals surface area (Å²) in [6.45, 7) is 9.59. The number of H-pyrrole nitrogens is 1. The molecule has 0 aliphatic carbocycles. The number of hydrogen-bond acceptors (Lipinski definition) is 6. The van der Waals surface area contributed by atoms with Crippen molar-refractivity contribution in [3.63, 3.8) is 0 Å². The number of nitrogens with one attached hydrogen (secondary N) is 1. The van der Waals surface area contributed by atoms with Crippen molar-refractivity contribution in [2.24, 2.45) is 5.92 Å². The second-order valence-electron chi connectivity index (χ2n) is 7.37. The van der Waals surface area contributed by atoms with Crippen molar-refractivity contribution in [2.75, 3.05) is 24.6 Å². The van der Waals surface area contributed by atoms with Crippen molar-refractivity contribution in [1.29, 1.82) is 0 Å². The summed E-state index contributed by atoms with van der Waals surface area (Å²) in [5.41, 5.74) is 0.123. The molecule has 1 saturated heterocycles. The molecule has 1 aliphatic heterocycles. The van der Waals surface area contributed by atoms with Crippen molar-refractivity contribution in [3.8, 4) is 0 Å². The van der Waals surface area contributed by atoms with Crippen LogP contribution in [0.5, 0.6) is 0 Å². The highest BCUT2D eigenvalue weighted by atomic mass is 16.5. The molecule has 0 bridgehead atoms. The van der Waals surface area contributed by atoms with Gasteiger partial charge in [-0.3, -0.25) is 14.6 Å². The monoisotopic (exact) mass is 347 g/mol. The van der Waals surface area contributed by atoms with E-state index >= 15 is 0 Å². The number of hydrogen-bond donors (Lipinski definition) is 1. The number of carbonyl (C=O) groups is 1. The minimum absolute atomic E-state index is 0.0771. The molecule has 2 aromatic heterocycles. The normalized spacial score (nSPS) is 16.4. The van der Waals surface area contributed by atoms with Gasteiger partial charge in [0.15, 0.2) is 5.65 Å². The van der Waals surface area contributed by atoms with Crippen molar-refractivity contribution >= 4 is 23.0 Å². The number of fused-ring (bicyclic) bond motifs is 1. The SMILES string of the molecule is CCOC(=O)C1CCN(c2nc3c(cnn3C(C)(C)C)c(=O)[nH]2)CC1. The van der Waals surface area contributed by atoms with Crippen molar-refractivity contribution in [3.05, 3.63) is 16.6 Å². The zero-order chi connectivity index (χ0) is 18.2. The predicted octanol–water partition coefficient (Wildman–Crippen LogP) is 1.65. The quantitative estimate of drug-likeness (QED) is 0.849. The average molecular weight is 347 g/mol. The Labute approximate surface area is 146 Å². The minimum atomic E-state index is -0.267. The molecule has 1 aliphatic rings. The minimum Gasteiger partial charge on any atom is -0.466 e. The maximum Gasteiger partial charge on any atom is 0.309 e. The fourth-order valence-electron chi connectivity index (χ4n) is 3.13. The Hall–Kier alpha value is -2.38. The molecule has 1 N–H and O–H groups in total. The third kappa shape index (κ3) is 3.38. The number of esters is 1. The van der Waals surface area contributed by atoms with E-state index in [0.717, 1.165) is 0 Å². The summed E-state index contributed by atoms with van der Waals surface area (Å²) in [4.78, 5) is 33.8. The van der Waals surface area contributed by atoms with Gasteiger partial charge in [-0.1, -0.05) is 0 Å². The van der Waals surface area contributed by atoms with Crippen molar-refractivity contribution in [2.45, 2.75) is 46.1 Å². The summed E-state index contributed by atoms with van der Waals surface area (Å²) >= 11 is 0. The second-order valence-corrected chi connectivity index (χ2v) is 7.37. The van der Waals surface area contributed by atoms with Gasteiger partial charge in [0.05, 0.1) is 24.3 Å². The van der Waals surface area contributed by atoms with E-state index in [0.29, 0.717) is 49.5 Å². The lowest BCUT2D eigenvalue weighted by molar-refractivity contribution is -0.148. The molecule has 8 heteroatoms. The first-order valence-electron chi connectivity index (χ1n) is 8.71. The van der Waals surface area contributed by atoms with E-state index < -0.39 is 0 Å². The number of carbonyl (C=O) groups excluding carboxylic acids is 1. The third-order valence-corrected chi connectivity index (χ3v) is 4.48. The summed E-state index contributed by atoms with van der Waals surface area (Å²) in [7, 11) is 0. The lowest BCUT2D eigenvalue weighted by Gasteiger charge is -2.31. The first kappa shape index (κ1) is 17.4. The molecule has 8 nitrogen and oxygen atoms in total. The molecule has 0 unspecified atom stereocenters.